The fraction of sp³-hybridized carbons (Fsp3) is 0.789. The minimum Gasteiger partial charge on any atom is -0.444 e. The normalized spacial score (nSPS) is 27.5. The Morgan fingerprint density at radius 3 is 2.84 bits per heavy atom. The van der Waals surface area contributed by atoms with Gasteiger partial charge in [0.2, 0.25) is 0 Å². The first-order valence-electron chi connectivity index (χ1n) is 9.56. The van der Waals surface area contributed by atoms with E-state index in [1.807, 2.05) is 31.7 Å². The molecule has 1 saturated carbocycles. The number of carbonyl (C=O) groups is 1. The summed E-state index contributed by atoms with van der Waals surface area (Å²) in [5.41, 5.74) is 0.487. The Hall–Kier alpha value is -1.56. The Labute approximate surface area is 150 Å². The van der Waals surface area contributed by atoms with Crippen LogP contribution in [0.5, 0.6) is 0 Å². The summed E-state index contributed by atoms with van der Waals surface area (Å²) < 4.78 is 10.6. The van der Waals surface area contributed by atoms with E-state index in [1.165, 1.54) is 19.3 Å². The fourth-order valence-corrected chi connectivity index (χ4v) is 4.22. The molecule has 25 heavy (non-hydrogen) atoms. The minimum absolute atomic E-state index is 0.157. The smallest absolute Gasteiger partial charge is 0.410 e. The van der Waals surface area contributed by atoms with Gasteiger partial charge in [-0.05, 0) is 52.4 Å². The van der Waals surface area contributed by atoms with Crippen LogP contribution in [0.4, 0.5) is 4.79 Å². The van der Waals surface area contributed by atoms with Gasteiger partial charge in [0, 0.05) is 31.2 Å². The van der Waals surface area contributed by atoms with E-state index in [-0.39, 0.29) is 12.1 Å². The average molecular weight is 349 g/mol. The van der Waals surface area contributed by atoms with Gasteiger partial charge in [0.05, 0.1) is 5.69 Å². The zero-order valence-electron chi connectivity index (χ0n) is 15.7. The van der Waals surface area contributed by atoms with Crippen LogP contribution in [0.3, 0.4) is 0 Å². The molecule has 1 aromatic heterocycles. The third-order valence-corrected chi connectivity index (χ3v) is 5.28. The van der Waals surface area contributed by atoms with Crippen LogP contribution in [0, 0.1) is 5.92 Å². The molecule has 0 bridgehead atoms. The van der Waals surface area contributed by atoms with Crippen molar-refractivity contribution < 1.29 is 14.1 Å². The van der Waals surface area contributed by atoms with Gasteiger partial charge >= 0.3 is 6.09 Å². The van der Waals surface area contributed by atoms with Gasteiger partial charge in [0.25, 0.3) is 0 Å². The first kappa shape index (κ1) is 18.2. The van der Waals surface area contributed by atoms with Crippen molar-refractivity contribution in [3.8, 4) is 0 Å². The van der Waals surface area contributed by atoms with E-state index in [0.29, 0.717) is 12.0 Å². The van der Waals surface area contributed by atoms with Gasteiger partial charge in [0.1, 0.15) is 11.9 Å². The van der Waals surface area contributed by atoms with Crippen LogP contribution >= 0.6 is 0 Å². The summed E-state index contributed by atoms with van der Waals surface area (Å²) in [4.78, 5) is 14.6. The Balaban J connectivity index is 1.64. The number of nitrogens with zero attached hydrogens (tertiary/aromatic N) is 2. The van der Waals surface area contributed by atoms with Crippen LogP contribution in [-0.4, -0.2) is 40.4 Å². The summed E-state index contributed by atoms with van der Waals surface area (Å²) in [5, 5.41) is 7.64. The Morgan fingerprint density at radius 2 is 2.12 bits per heavy atom. The molecule has 3 rings (SSSR count). The third kappa shape index (κ3) is 4.75. The quantitative estimate of drug-likeness (QED) is 0.897. The van der Waals surface area contributed by atoms with Gasteiger partial charge in [-0.2, -0.15) is 0 Å². The lowest BCUT2D eigenvalue weighted by Crippen LogP contribution is -2.50. The number of rotatable bonds is 4. The van der Waals surface area contributed by atoms with E-state index in [1.54, 1.807) is 6.26 Å². The highest BCUT2D eigenvalue weighted by atomic mass is 16.6. The molecule has 2 fully saturated rings. The maximum absolute atomic E-state index is 12.6. The number of ether oxygens (including phenoxy) is 1. The number of hydrogen-bond acceptors (Lipinski definition) is 5. The molecule has 1 saturated heterocycles. The van der Waals surface area contributed by atoms with Crippen molar-refractivity contribution in [1.29, 1.82) is 0 Å². The van der Waals surface area contributed by atoms with E-state index in [2.05, 4.69) is 10.5 Å². The molecule has 1 aliphatic carbocycles. The fourth-order valence-electron chi connectivity index (χ4n) is 4.22. The molecule has 0 aromatic carbocycles. The second-order valence-electron chi connectivity index (χ2n) is 8.31. The minimum atomic E-state index is -0.443. The molecule has 140 valence electrons. The van der Waals surface area contributed by atoms with E-state index in [4.69, 9.17) is 9.26 Å². The first-order valence-corrected chi connectivity index (χ1v) is 9.56. The highest BCUT2D eigenvalue weighted by molar-refractivity contribution is 5.69. The van der Waals surface area contributed by atoms with Crippen molar-refractivity contribution in [2.45, 2.75) is 83.5 Å². The van der Waals surface area contributed by atoms with Gasteiger partial charge in [-0.3, -0.25) is 0 Å². The van der Waals surface area contributed by atoms with Gasteiger partial charge in [-0.15, -0.1) is 0 Å². The second-order valence-corrected chi connectivity index (χ2v) is 8.31. The number of likely N-dealkylation sites (tertiary alicyclic amines) is 1. The summed E-state index contributed by atoms with van der Waals surface area (Å²) in [6.07, 6.45) is 8.40. The van der Waals surface area contributed by atoms with Crippen molar-refractivity contribution in [2.24, 2.45) is 5.92 Å². The largest absolute Gasteiger partial charge is 0.444 e. The molecule has 3 unspecified atom stereocenters. The molecule has 6 heteroatoms. The molecule has 0 radical (unpaired) electrons. The SMILES string of the molecule is CC(C)(C)OC(=O)N1CCCC1C1CCCCC1NCc1ccon1. The van der Waals surface area contributed by atoms with Crippen LogP contribution in [0.1, 0.15) is 65.0 Å². The predicted octanol–water partition coefficient (Wildman–Crippen LogP) is 3.72. The lowest BCUT2D eigenvalue weighted by molar-refractivity contribution is 0.0132. The van der Waals surface area contributed by atoms with E-state index >= 15 is 0 Å². The molecule has 2 aliphatic rings. The molecule has 1 N–H and O–H groups in total. The maximum Gasteiger partial charge on any atom is 0.410 e. The Bertz CT molecular complexity index is 553. The van der Waals surface area contributed by atoms with Crippen LogP contribution in [0.2, 0.25) is 0 Å². The molecule has 1 aliphatic heterocycles. The van der Waals surface area contributed by atoms with Crippen molar-refractivity contribution in [2.75, 3.05) is 6.54 Å². The van der Waals surface area contributed by atoms with Crippen LogP contribution in [0.15, 0.2) is 16.9 Å². The highest BCUT2D eigenvalue weighted by Gasteiger charge is 2.40. The van der Waals surface area contributed by atoms with Crippen molar-refractivity contribution in [3.63, 3.8) is 0 Å². The first-order chi connectivity index (χ1) is 11.9. The van der Waals surface area contributed by atoms with Crippen LogP contribution < -0.4 is 5.32 Å². The Kier molecular flexibility index (Phi) is 5.67. The molecular formula is C19H31N3O3. The zero-order chi connectivity index (χ0) is 17.9. The molecule has 1 amide bonds. The van der Waals surface area contributed by atoms with Gasteiger partial charge in [-0.1, -0.05) is 18.0 Å². The number of nitrogens with one attached hydrogen (secondary N) is 1. The van der Waals surface area contributed by atoms with Gasteiger partial charge < -0.3 is 19.5 Å². The summed E-state index contributed by atoms with van der Waals surface area (Å²) in [6.45, 7) is 7.32. The molecule has 2 heterocycles. The Morgan fingerprint density at radius 1 is 1.32 bits per heavy atom. The molecule has 6 nitrogen and oxygen atoms in total. The zero-order valence-corrected chi connectivity index (χ0v) is 15.7. The number of aromatic nitrogens is 1. The highest BCUT2D eigenvalue weighted by Crippen LogP contribution is 2.35. The van der Waals surface area contributed by atoms with E-state index in [0.717, 1.165) is 38.0 Å². The number of carbonyl (C=O) groups excluding carboxylic acids is 1. The van der Waals surface area contributed by atoms with Gasteiger partial charge in [-0.25, -0.2) is 4.79 Å². The maximum atomic E-state index is 12.6. The van der Waals surface area contributed by atoms with Crippen LogP contribution in [0.25, 0.3) is 0 Å². The molecular weight excluding hydrogens is 318 g/mol. The standard InChI is InChI=1S/C19H31N3O3/c1-19(2,3)25-18(23)22-11-6-9-17(22)15-7-4-5-8-16(15)20-13-14-10-12-24-21-14/h10,12,15-17,20H,4-9,11,13H2,1-3H3. The lowest BCUT2D eigenvalue weighted by Gasteiger charge is -2.40. The summed E-state index contributed by atoms with van der Waals surface area (Å²) in [7, 11) is 0. The third-order valence-electron chi connectivity index (χ3n) is 5.28. The molecule has 3 atom stereocenters. The van der Waals surface area contributed by atoms with Gasteiger partial charge in [0.15, 0.2) is 0 Å². The lowest BCUT2D eigenvalue weighted by atomic mass is 9.79. The predicted molar refractivity (Wildman–Crippen MR) is 95.1 cm³/mol. The summed E-state index contributed by atoms with van der Waals surface area (Å²) >= 11 is 0. The average Bonchev–Trinajstić information content (AvgIpc) is 3.23. The second kappa shape index (κ2) is 7.77. The summed E-state index contributed by atoms with van der Waals surface area (Å²) in [5.74, 6) is 0.482. The van der Waals surface area contributed by atoms with Crippen molar-refractivity contribution in [1.82, 2.24) is 15.4 Å². The molecule has 1 aromatic rings. The number of hydrogen-bond donors (Lipinski definition) is 1. The van der Waals surface area contributed by atoms with E-state index < -0.39 is 5.60 Å². The monoisotopic (exact) mass is 349 g/mol. The van der Waals surface area contributed by atoms with Crippen LogP contribution in [-0.2, 0) is 11.3 Å². The van der Waals surface area contributed by atoms with Crippen molar-refractivity contribution in [3.05, 3.63) is 18.0 Å². The van der Waals surface area contributed by atoms with E-state index in [9.17, 15) is 4.79 Å². The van der Waals surface area contributed by atoms with Crippen molar-refractivity contribution >= 4 is 6.09 Å². The topological polar surface area (TPSA) is 67.6 Å². The molecule has 0 spiro atoms. The number of amides is 1. The summed E-state index contributed by atoms with van der Waals surface area (Å²) in [6, 6.07) is 2.59.